The van der Waals surface area contributed by atoms with Crippen molar-refractivity contribution in [3.8, 4) is 5.75 Å². The monoisotopic (exact) mass is 421 g/mol. The van der Waals surface area contributed by atoms with Crippen molar-refractivity contribution in [3.63, 3.8) is 0 Å². The number of methoxy groups -OCH3 is 1. The van der Waals surface area contributed by atoms with Gasteiger partial charge < -0.3 is 15.0 Å². The number of hydrogen-bond donors (Lipinski definition) is 1. The number of hydrogen-bond acceptors (Lipinski definition) is 4. The lowest BCUT2D eigenvalue weighted by Gasteiger charge is -2.34. The summed E-state index contributed by atoms with van der Waals surface area (Å²) in [5.41, 5.74) is 1.32. The molecular weight excluding hydrogens is 394 g/mol. The molecule has 2 atom stereocenters. The quantitative estimate of drug-likeness (QED) is 0.751. The second-order valence-electron chi connectivity index (χ2n) is 8.08. The van der Waals surface area contributed by atoms with Crippen LogP contribution in [0.1, 0.15) is 43.7 Å². The Labute approximate surface area is 182 Å². The Kier molecular flexibility index (Phi) is 5.43. The molecule has 162 valence electrons. The Bertz CT molecular complexity index is 1020. The molecule has 7 heteroatoms. The van der Waals surface area contributed by atoms with E-state index >= 15 is 0 Å². The Morgan fingerprint density at radius 2 is 1.90 bits per heavy atom. The van der Waals surface area contributed by atoms with E-state index in [1.165, 1.54) is 0 Å². The molecule has 1 N–H and O–H groups in total. The van der Waals surface area contributed by atoms with Crippen molar-refractivity contribution in [2.24, 2.45) is 0 Å². The zero-order valence-corrected chi connectivity index (χ0v) is 18.1. The zero-order valence-electron chi connectivity index (χ0n) is 18.1. The van der Waals surface area contributed by atoms with Gasteiger partial charge in [0.05, 0.1) is 12.8 Å². The standard InChI is InChI=1S/C24H27N3O4/c1-4-24(17-9-6-5-7-10-17)22(29)27(23(30)25-24)15-20(28)26-14-13-16(2)18-11-8-12-19(31-3)21(18)26/h5-12,16H,4,13-15H2,1-3H3,(H,25,30)/t16-,24-/m0/s1. The van der Waals surface area contributed by atoms with Gasteiger partial charge in [0.25, 0.3) is 5.91 Å². The van der Waals surface area contributed by atoms with Gasteiger partial charge in [-0.15, -0.1) is 0 Å². The fraction of sp³-hybridized carbons (Fsp3) is 0.375. The highest BCUT2D eigenvalue weighted by Gasteiger charge is 2.52. The fourth-order valence-electron chi connectivity index (χ4n) is 4.58. The normalized spacial score (nSPS) is 22.9. The zero-order chi connectivity index (χ0) is 22.2. The van der Waals surface area contributed by atoms with Crippen LogP contribution in [-0.4, -0.2) is 42.9 Å². The molecule has 7 nitrogen and oxygen atoms in total. The number of urea groups is 1. The number of nitrogens with one attached hydrogen (secondary N) is 1. The van der Waals surface area contributed by atoms with Gasteiger partial charge in [-0.25, -0.2) is 4.79 Å². The number of ether oxygens (including phenoxy) is 1. The largest absolute Gasteiger partial charge is 0.495 e. The molecule has 0 bridgehead atoms. The summed E-state index contributed by atoms with van der Waals surface area (Å²) in [6.07, 6.45) is 1.19. The van der Waals surface area contributed by atoms with E-state index in [9.17, 15) is 14.4 Å². The number of para-hydroxylation sites is 1. The third-order valence-electron chi connectivity index (χ3n) is 6.40. The number of carbonyl (C=O) groups excluding carboxylic acids is 3. The summed E-state index contributed by atoms with van der Waals surface area (Å²) in [5.74, 6) is 0.199. The molecule has 0 aromatic heterocycles. The van der Waals surface area contributed by atoms with Crippen molar-refractivity contribution < 1.29 is 19.1 Å². The molecule has 2 aliphatic heterocycles. The third-order valence-corrected chi connectivity index (χ3v) is 6.40. The summed E-state index contributed by atoms with van der Waals surface area (Å²) in [6, 6.07) is 14.3. The maximum atomic E-state index is 13.4. The highest BCUT2D eigenvalue weighted by atomic mass is 16.5. The van der Waals surface area contributed by atoms with E-state index in [1.54, 1.807) is 12.0 Å². The van der Waals surface area contributed by atoms with Gasteiger partial charge in [0.2, 0.25) is 5.91 Å². The number of amides is 4. The minimum absolute atomic E-state index is 0.289. The number of benzene rings is 2. The summed E-state index contributed by atoms with van der Waals surface area (Å²) in [4.78, 5) is 42.1. The lowest BCUT2D eigenvalue weighted by Crippen LogP contribution is -2.46. The van der Waals surface area contributed by atoms with E-state index in [0.717, 1.165) is 22.6 Å². The molecule has 0 unspecified atom stereocenters. The molecule has 1 saturated heterocycles. The lowest BCUT2D eigenvalue weighted by atomic mass is 9.87. The number of imide groups is 1. The first-order chi connectivity index (χ1) is 14.9. The predicted molar refractivity (Wildman–Crippen MR) is 117 cm³/mol. The van der Waals surface area contributed by atoms with Crippen molar-refractivity contribution >= 4 is 23.5 Å². The molecular formula is C24H27N3O4. The molecule has 1 fully saturated rings. The summed E-state index contributed by atoms with van der Waals surface area (Å²) in [6.45, 7) is 4.16. The molecule has 4 amide bonds. The van der Waals surface area contributed by atoms with Gasteiger partial charge in [-0.2, -0.15) is 0 Å². The first-order valence-corrected chi connectivity index (χ1v) is 10.6. The number of fused-ring (bicyclic) bond motifs is 1. The van der Waals surface area contributed by atoms with Gasteiger partial charge >= 0.3 is 6.03 Å². The van der Waals surface area contributed by atoms with Crippen LogP contribution in [0.5, 0.6) is 5.75 Å². The van der Waals surface area contributed by atoms with Crippen LogP contribution < -0.4 is 15.0 Å². The molecule has 2 aromatic rings. The molecule has 4 rings (SSSR count). The van der Waals surface area contributed by atoms with Crippen LogP contribution in [0, 0.1) is 0 Å². The Morgan fingerprint density at radius 3 is 2.58 bits per heavy atom. The number of rotatable bonds is 5. The fourth-order valence-corrected chi connectivity index (χ4v) is 4.58. The summed E-state index contributed by atoms with van der Waals surface area (Å²) < 4.78 is 5.51. The van der Waals surface area contributed by atoms with Crippen LogP contribution >= 0.6 is 0 Å². The van der Waals surface area contributed by atoms with Crippen molar-refractivity contribution in [1.29, 1.82) is 0 Å². The number of anilines is 1. The van der Waals surface area contributed by atoms with E-state index in [-0.39, 0.29) is 18.4 Å². The number of nitrogens with zero attached hydrogens (tertiary/aromatic N) is 2. The van der Waals surface area contributed by atoms with Gasteiger partial charge in [0.1, 0.15) is 17.8 Å². The van der Waals surface area contributed by atoms with Crippen molar-refractivity contribution in [2.45, 2.75) is 38.1 Å². The van der Waals surface area contributed by atoms with Gasteiger partial charge in [0, 0.05) is 6.54 Å². The van der Waals surface area contributed by atoms with Gasteiger partial charge in [0.15, 0.2) is 0 Å². The summed E-state index contributed by atoms with van der Waals surface area (Å²) >= 11 is 0. The van der Waals surface area contributed by atoms with Crippen LogP contribution in [0.4, 0.5) is 10.5 Å². The van der Waals surface area contributed by atoms with Crippen molar-refractivity contribution in [2.75, 3.05) is 25.1 Å². The minimum Gasteiger partial charge on any atom is -0.495 e. The van der Waals surface area contributed by atoms with Crippen LogP contribution in [0.2, 0.25) is 0 Å². The maximum Gasteiger partial charge on any atom is 0.325 e. The van der Waals surface area contributed by atoms with Crippen molar-refractivity contribution in [3.05, 3.63) is 59.7 Å². The molecule has 2 heterocycles. The van der Waals surface area contributed by atoms with Gasteiger partial charge in [-0.1, -0.05) is 56.3 Å². The summed E-state index contributed by atoms with van der Waals surface area (Å²) in [5, 5.41) is 2.83. The average Bonchev–Trinajstić information content (AvgIpc) is 3.04. The Hall–Kier alpha value is -3.35. The van der Waals surface area contributed by atoms with Crippen molar-refractivity contribution in [1.82, 2.24) is 10.2 Å². The Balaban J connectivity index is 1.62. The highest BCUT2D eigenvalue weighted by Crippen LogP contribution is 2.41. The number of carbonyl (C=O) groups is 3. The van der Waals surface area contributed by atoms with E-state index < -0.39 is 17.5 Å². The predicted octanol–water partition coefficient (Wildman–Crippen LogP) is 3.39. The lowest BCUT2D eigenvalue weighted by molar-refractivity contribution is -0.134. The van der Waals surface area contributed by atoms with E-state index in [2.05, 4.69) is 12.2 Å². The second-order valence-corrected chi connectivity index (χ2v) is 8.08. The average molecular weight is 421 g/mol. The molecule has 31 heavy (non-hydrogen) atoms. The van der Waals surface area contributed by atoms with Crippen LogP contribution in [0.15, 0.2) is 48.5 Å². The SMILES string of the molecule is CC[C@@]1(c2ccccc2)NC(=O)N(CC(=O)N2CC[C@H](C)c3cccc(OC)c32)C1=O. The molecule has 0 saturated carbocycles. The maximum absolute atomic E-state index is 13.4. The molecule has 0 spiro atoms. The van der Waals surface area contributed by atoms with Crippen LogP contribution in [0.25, 0.3) is 0 Å². The first kappa shape index (κ1) is 20.9. The smallest absolute Gasteiger partial charge is 0.325 e. The molecule has 0 aliphatic carbocycles. The Morgan fingerprint density at radius 1 is 1.16 bits per heavy atom. The van der Waals surface area contributed by atoms with E-state index in [1.807, 2.05) is 55.5 Å². The van der Waals surface area contributed by atoms with Gasteiger partial charge in [-0.05, 0) is 36.0 Å². The van der Waals surface area contributed by atoms with E-state index in [0.29, 0.717) is 24.3 Å². The molecule has 0 radical (unpaired) electrons. The summed E-state index contributed by atoms with van der Waals surface area (Å²) in [7, 11) is 1.57. The minimum atomic E-state index is -1.15. The van der Waals surface area contributed by atoms with Gasteiger partial charge in [-0.3, -0.25) is 14.5 Å². The first-order valence-electron chi connectivity index (χ1n) is 10.6. The third kappa shape index (κ3) is 3.34. The molecule has 2 aromatic carbocycles. The highest BCUT2D eigenvalue weighted by molar-refractivity contribution is 6.11. The topological polar surface area (TPSA) is 79.0 Å². The van der Waals surface area contributed by atoms with E-state index in [4.69, 9.17) is 4.74 Å². The van der Waals surface area contributed by atoms with Crippen LogP contribution in [0.3, 0.4) is 0 Å². The second kappa shape index (κ2) is 8.06. The van der Waals surface area contributed by atoms with Crippen LogP contribution in [-0.2, 0) is 15.1 Å². The molecule has 2 aliphatic rings.